The van der Waals surface area contributed by atoms with Crippen LogP contribution in [-0.4, -0.2) is 13.0 Å². The van der Waals surface area contributed by atoms with Gasteiger partial charge in [-0.15, -0.1) is 0 Å². The number of hydrogen-bond acceptors (Lipinski definition) is 4. The fourth-order valence-corrected chi connectivity index (χ4v) is 3.01. The second-order valence-corrected chi connectivity index (χ2v) is 6.75. The number of carbonyl (C=O) groups excluding carboxylic acids is 1. The quantitative estimate of drug-likeness (QED) is 0.499. The Balaban J connectivity index is 1.82. The maximum Gasteiger partial charge on any atom is 0.261 e. The summed E-state index contributed by atoms with van der Waals surface area (Å²) in [6.45, 7) is 1.84. The number of carbonyl (C=O) groups is 1. The predicted octanol–water partition coefficient (Wildman–Crippen LogP) is 5.37. The fraction of sp³-hybridized carbons (Fsp3) is 0.0833. The molecule has 0 saturated carbocycles. The predicted molar refractivity (Wildman–Crippen MR) is 114 cm³/mol. The Morgan fingerprint density at radius 3 is 2.57 bits per heavy atom. The highest BCUT2D eigenvalue weighted by Gasteiger charge is 2.14. The van der Waals surface area contributed by atoms with Crippen molar-refractivity contribution in [3.8, 4) is 5.75 Å². The summed E-state index contributed by atoms with van der Waals surface area (Å²) in [7, 11) is 1.57. The molecule has 0 bridgehead atoms. The number of hydrogen-bond donors (Lipinski definition) is 1. The summed E-state index contributed by atoms with van der Waals surface area (Å²) in [5.74, 6) is -0.230. The average molecular weight is 402 g/mol. The number of ether oxygens (including phenoxy) is 1. The molecule has 0 aliphatic carbocycles. The lowest BCUT2D eigenvalue weighted by molar-refractivity contribution is 0.102. The first-order chi connectivity index (χ1) is 14.5. The molecule has 1 heterocycles. The zero-order valence-electron chi connectivity index (χ0n) is 16.5. The molecule has 5 nitrogen and oxygen atoms in total. The first kappa shape index (κ1) is 19.4. The molecule has 0 aliphatic rings. The lowest BCUT2D eigenvalue weighted by Gasteiger charge is -2.08. The van der Waals surface area contributed by atoms with E-state index in [2.05, 4.69) is 10.3 Å². The van der Waals surface area contributed by atoms with E-state index < -0.39 is 11.7 Å². The van der Waals surface area contributed by atoms with E-state index in [0.29, 0.717) is 17.0 Å². The number of methoxy groups -OCH3 is 1. The summed E-state index contributed by atoms with van der Waals surface area (Å²) in [6, 6.07) is 20.5. The van der Waals surface area contributed by atoms with Crippen molar-refractivity contribution in [2.24, 2.45) is 4.99 Å². The Hall–Kier alpha value is -3.93. The smallest absolute Gasteiger partial charge is 0.261 e. The lowest BCUT2D eigenvalue weighted by atomic mass is 10.1. The van der Waals surface area contributed by atoms with Gasteiger partial charge < -0.3 is 14.5 Å². The third kappa shape index (κ3) is 4.07. The van der Waals surface area contributed by atoms with E-state index in [4.69, 9.17) is 9.15 Å². The molecular formula is C24H19FN2O3. The molecule has 4 aromatic rings. The highest BCUT2D eigenvalue weighted by Crippen LogP contribution is 2.20. The minimum Gasteiger partial charge on any atom is -0.497 e. The van der Waals surface area contributed by atoms with Crippen LogP contribution in [0.2, 0.25) is 0 Å². The van der Waals surface area contributed by atoms with Crippen molar-refractivity contribution in [3.05, 3.63) is 95.3 Å². The van der Waals surface area contributed by atoms with Crippen molar-refractivity contribution in [2.75, 3.05) is 12.4 Å². The van der Waals surface area contributed by atoms with E-state index in [9.17, 15) is 9.18 Å². The van der Waals surface area contributed by atoms with E-state index in [-0.39, 0.29) is 16.8 Å². The zero-order valence-corrected chi connectivity index (χ0v) is 16.5. The fourth-order valence-electron chi connectivity index (χ4n) is 3.01. The number of benzene rings is 3. The molecule has 150 valence electrons. The molecule has 0 atom stereocenters. The Bertz CT molecular complexity index is 1290. The van der Waals surface area contributed by atoms with Crippen molar-refractivity contribution in [1.82, 2.24) is 0 Å². The van der Waals surface area contributed by atoms with Gasteiger partial charge >= 0.3 is 0 Å². The molecule has 1 aromatic heterocycles. The summed E-state index contributed by atoms with van der Waals surface area (Å²) in [5, 5.41) is 3.56. The standard InChI is InChI=1S/C24H19FN2O3/c1-15-7-12-20(25)21(13-15)27-24-19(14-16-5-3-4-6-22(16)30-24)23(28)26-17-8-10-18(29-2)11-9-17/h3-14H,1-2H3,(H,26,28). The first-order valence-corrected chi connectivity index (χ1v) is 9.33. The van der Waals surface area contributed by atoms with Gasteiger partial charge in [0.05, 0.1) is 7.11 Å². The molecule has 0 fully saturated rings. The monoisotopic (exact) mass is 402 g/mol. The number of amides is 1. The van der Waals surface area contributed by atoms with Crippen molar-refractivity contribution in [3.63, 3.8) is 0 Å². The highest BCUT2D eigenvalue weighted by atomic mass is 19.1. The van der Waals surface area contributed by atoms with Gasteiger partial charge in [-0.2, -0.15) is 0 Å². The maximum atomic E-state index is 14.3. The number of rotatable bonds is 4. The van der Waals surface area contributed by atoms with Gasteiger partial charge in [0.15, 0.2) is 0 Å². The minimum absolute atomic E-state index is 0.0317. The number of nitrogens with one attached hydrogen (secondary N) is 1. The van der Waals surface area contributed by atoms with Gasteiger partial charge in [0.25, 0.3) is 5.91 Å². The largest absolute Gasteiger partial charge is 0.497 e. The van der Waals surface area contributed by atoms with Crippen LogP contribution >= 0.6 is 0 Å². The van der Waals surface area contributed by atoms with Crippen LogP contribution in [0.15, 0.2) is 82.2 Å². The van der Waals surface area contributed by atoms with E-state index in [1.54, 1.807) is 55.6 Å². The Labute approximate surface area is 172 Å². The van der Waals surface area contributed by atoms with E-state index in [0.717, 1.165) is 10.9 Å². The van der Waals surface area contributed by atoms with Gasteiger partial charge in [0.1, 0.15) is 28.4 Å². The first-order valence-electron chi connectivity index (χ1n) is 9.33. The van der Waals surface area contributed by atoms with Gasteiger partial charge in [0.2, 0.25) is 5.55 Å². The number of fused-ring (bicyclic) bond motifs is 1. The second-order valence-electron chi connectivity index (χ2n) is 6.75. The van der Waals surface area contributed by atoms with Crippen LogP contribution in [0.3, 0.4) is 0 Å². The SMILES string of the molecule is COc1ccc(NC(=O)c2cc3ccccc3oc2=Nc2cc(C)ccc2F)cc1. The number of halogens is 1. The van der Waals surface area contributed by atoms with E-state index in [1.807, 2.05) is 25.1 Å². The van der Waals surface area contributed by atoms with Gasteiger partial charge in [-0.25, -0.2) is 9.38 Å². The van der Waals surface area contributed by atoms with Crippen molar-refractivity contribution >= 4 is 28.3 Å². The van der Waals surface area contributed by atoms with Gasteiger partial charge in [-0.1, -0.05) is 24.3 Å². The molecule has 0 aliphatic heterocycles. The van der Waals surface area contributed by atoms with Crippen LogP contribution in [0.1, 0.15) is 15.9 Å². The van der Waals surface area contributed by atoms with Gasteiger partial charge in [-0.05, 0) is 61.0 Å². The molecule has 30 heavy (non-hydrogen) atoms. The topological polar surface area (TPSA) is 63.8 Å². The van der Waals surface area contributed by atoms with Crippen LogP contribution in [0.4, 0.5) is 15.8 Å². The molecule has 1 N–H and O–H groups in total. The zero-order chi connectivity index (χ0) is 21.1. The number of aryl methyl sites for hydroxylation is 1. The minimum atomic E-state index is -0.495. The van der Waals surface area contributed by atoms with Crippen LogP contribution in [-0.2, 0) is 0 Å². The molecule has 0 spiro atoms. The normalized spacial score (nSPS) is 11.5. The molecule has 0 unspecified atom stereocenters. The van der Waals surface area contributed by atoms with Crippen molar-refractivity contribution < 1.29 is 18.3 Å². The molecule has 4 rings (SSSR count). The molecule has 0 saturated heterocycles. The van der Waals surface area contributed by atoms with Crippen LogP contribution in [0.25, 0.3) is 11.0 Å². The summed E-state index contributed by atoms with van der Waals surface area (Å²) >= 11 is 0. The molecule has 3 aromatic carbocycles. The van der Waals surface area contributed by atoms with Gasteiger partial charge in [-0.3, -0.25) is 4.79 Å². The second kappa shape index (κ2) is 8.21. The average Bonchev–Trinajstić information content (AvgIpc) is 2.76. The molecule has 6 heteroatoms. The Morgan fingerprint density at radius 1 is 1.03 bits per heavy atom. The summed E-state index contributed by atoms with van der Waals surface area (Å²) < 4.78 is 25.3. The van der Waals surface area contributed by atoms with Gasteiger partial charge in [0, 0.05) is 11.1 Å². The number of anilines is 1. The molecule has 1 amide bonds. The van der Waals surface area contributed by atoms with E-state index in [1.165, 1.54) is 6.07 Å². The Kier molecular flexibility index (Phi) is 5.30. The third-order valence-electron chi connectivity index (χ3n) is 4.57. The van der Waals surface area contributed by atoms with Crippen LogP contribution < -0.4 is 15.6 Å². The number of para-hydroxylation sites is 1. The number of nitrogens with zero attached hydrogens (tertiary/aromatic N) is 1. The summed E-state index contributed by atoms with van der Waals surface area (Å²) in [6.07, 6.45) is 0. The lowest BCUT2D eigenvalue weighted by Crippen LogP contribution is -2.21. The summed E-state index contributed by atoms with van der Waals surface area (Å²) in [5.41, 5.74) is 2.31. The summed E-state index contributed by atoms with van der Waals surface area (Å²) in [4.78, 5) is 17.3. The molecule has 0 radical (unpaired) electrons. The van der Waals surface area contributed by atoms with Crippen molar-refractivity contribution in [2.45, 2.75) is 6.92 Å². The van der Waals surface area contributed by atoms with Crippen molar-refractivity contribution in [1.29, 1.82) is 0 Å². The maximum absolute atomic E-state index is 14.3. The van der Waals surface area contributed by atoms with Crippen LogP contribution in [0, 0.1) is 12.7 Å². The van der Waals surface area contributed by atoms with E-state index >= 15 is 0 Å². The third-order valence-corrected chi connectivity index (χ3v) is 4.57. The Morgan fingerprint density at radius 2 is 1.80 bits per heavy atom. The highest BCUT2D eigenvalue weighted by molar-refractivity contribution is 6.05. The molecular weight excluding hydrogens is 383 g/mol. The van der Waals surface area contributed by atoms with Crippen LogP contribution in [0.5, 0.6) is 5.75 Å².